The Bertz CT molecular complexity index is 893. The first kappa shape index (κ1) is 18.0. The number of amides is 4. The van der Waals surface area contributed by atoms with E-state index in [0.717, 1.165) is 4.90 Å². The SMILES string of the molecule is O=C(CN1C(=O)NC(=Cc2ccc(Cl)cc2)C1=O)Nc1ccc(Cl)cc1. The van der Waals surface area contributed by atoms with Crippen LogP contribution in [-0.4, -0.2) is 29.3 Å². The van der Waals surface area contributed by atoms with Gasteiger partial charge < -0.3 is 10.6 Å². The van der Waals surface area contributed by atoms with E-state index >= 15 is 0 Å². The highest BCUT2D eigenvalue weighted by atomic mass is 35.5. The number of carbonyl (C=O) groups excluding carboxylic acids is 3. The highest BCUT2D eigenvalue weighted by Gasteiger charge is 2.34. The van der Waals surface area contributed by atoms with Gasteiger partial charge in [-0.2, -0.15) is 0 Å². The summed E-state index contributed by atoms with van der Waals surface area (Å²) in [6.45, 7) is -0.398. The highest BCUT2D eigenvalue weighted by molar-refractivity contribution is 6.31. The van der Waals surface area contributed by atoms with Gasteiger partial charge in [-0.1, -0.05) is 35.3 Å². The molecule has 1 heterocycles. The monoisotopic (exact) mass is 389 g/mol. The van der Waals surface area contributed by atoms with Gasteiger partial charge in [0.1, 0.15) is 12.2 Å². The van der Waals surface area contributed by atoms with Crippen LogP contribution in [0.4, 0.5) is 10.5 Å². The van der Waals surface area contributed by atoms with Crippen molar-refractivity contribution in [3.8, 4) is 0 Å². The molecule has 0 saturated carbocycles. The molecular weight excluding hydrogens is 377 g/mol. The van der Waals surface area contributed by atoms with E-state index in [1.165, 1.54) is 6.08 Å². The van der Waals surface area contributed by atoms with Crippen LogP contribution in [0.25, 0.3) is 6.08 Å². The third-order valence-corrected chi connectivity index (χ3v) is 4.08. The Morgan fingerprint density at radius 2 is 1.58 bits per heavy atom. The lowest BCUT2D eigenvalue weighted by Crippen LogP contribution is -2.38. The van der Waals surface area contributed by atoms with E-state index in [0.29, 0.717) is 21.3 Å². The summed E-state index contributed by atoms with van der Waals surface area (Å²) >= 11 is 11.6. The van der Waals surface area contributed by atoms with Crippen LogP contribution in [-0.2, 0) is 9.59 Å². The predicted octanol–water partition coefficient (Wildman–Crippen LogP) is 3.52. The molecule has 26 heavy (non-hydrogen) atoms. The van der Waals surface area contributed by atoms with Crippen LogP contribution in [0.5, 0.6) is 0 Å². The van der Waals surface area contributed by atoms with Crippen LogP contribution in [0, 0.1) is 0 Å². The Morgan fingerprint density at radius 3 is 2.19 bits per heavy atom. The van der Waals surface area contributed by atoms with Gasteiger partial charge in [-0.15, -0.1) is 0 Å². The van der Waals surface area contributed by atoms with Gasteiger partial charge in [0, 0.05) is 15.7 Å². The number of rotatable bonds is 4. The number of nitrogens with zero attached hydrogens (tertiary/aromatic N) is 1. The van der Waals surface area contributed by atoms with Crippen LogP contribution in [0.3, 0.4) is 0 Å². The molecule has 0 bridgehead atoms. The van der Waals surface area contributed by atoms with Crippen molar-refractivity contribution in [2.75, 3.05) is 11.9 Å². The molecule has 2 aromatic carbocycles. The largest absolute Gasteiger partial charge is 0.329 e. The molecule has 0 radical (unpaired) electrons. The Labute approximate surface area is 159 Å². The van der Waals surface area contributed by atoms with Crippen molar-refractivity contribution in [2.24, 2.45) is 0 Å². The maximum atomic E-state index is 12.4. The third-order valence-electron chi connectivity index (χ3n) is 3.57. The van der Waals surface area contributed by atoms with E-state index < -0.39 is 24.4 Å². The summed E-state index contributed by atoms with van der Waals surface area (Å²) < 4.78 is 0. The molecule has 4 amide bonds. The number of urea groups is 1. The van der Waals surface area contributed by atoms with Crippen molar-refractivity contribution in [3.63, 3.8) is 0 Å². The van der Waals surface area contributed by atoms with Crippen molar-refractivity contribution in [1.29, 1.82) is 0 Å². The lowest BCUT2D eigenvalue weighted by molar-refractivity contribution is -0.127. The second-order valence-electron chi connectivity index (χ2n) is 5.49. The smallest absolute Gasteiger partial charge is 0.325 e. The van der Waals surface area contributed by atoms with Gasteiger partial charge in [-0.25, -0.2) is 9.69 Å². The lowest BCUT2D eigenvalue weighted by Gasteiger charge is -2.12. The molecular formula is C18H13Cl2N3O3. The molecule has 0 spiro atoms. The quantitative estimate of drug-likeness (QED) is 0.620. The van der Waals surface area contributed by atoms with Gasteiger partial charge in [0.15, 0.2) is 0 Å². The first-order chi connectivity index (χ1) is 12.4. The lowest BCUT2D eigenvalue weighted by atomic mass is 10.2. The molecule has 0 unspecified atom stereocenters. The molecule has 2 aromatic rings. The van der Waals surface area contributed by atoms with Crippen LogP contribution in [0.15, 0.2) is 54.2 Å². The van der Waals surface area contributed by atoms with E-state index in [-0.39, 0.29) is 5.70 Å². The van der Waals surface area contributed by atoms with Crippen molar-refractivity contribution in [2.45, 2.75) is 0 Å². The predicted molar refractivity (Wildman–Crippen MR) is 99.8 cm³/mol. The average Bonchev–Trinajstić information content (AvgIpc) is 2.86. The number of carbonyl (C=O) groups is 3. The number of nitrogens with one attached hydrogen (secondary N) is 2. The zero-order chi connectivity index (χ0) is 18.7. The molecule has 2 N–H and O–H groups in total. The van der Waals surface area contributed by atoms with Gasteiger partial charge in [0.25, 0.3) is 5.91 Å². The average molecular weight is 390 g/mol. The van der Waals surface area contributed by atoms with Crippen LogP contribution in [0.1, 0.15) is 5.56 Å². The molecule has 1 aliphatic heterocycles. The van der Waals surface area contributed by atoms with Gasteiger partial charge in [-0.05, 0) is 48.0 Å². The van der Waals surface area contributed by atoms with E-state index in [2.05, 4.69) is 10.6 Å². The minimum atomic E-state index is -0.651. The second-order valence-corrected chi connectivity index (χ2v) is 6.36. The molecule has 1 aliphatic rings. The van der Waals surface area contributed by atoms with Crippen LogP contribution < -0.4 is 10.6 Å². The molecule has 6 nitrogen and oxygen atoms in total. The molecule has 8 heteroatoms. The van der Waals surface area contributed by atoms with Gasteiger partial charge in [0.05, 0.1) is 0 Å². The van der Waals surface area contributed by atoms with Gasteiger partial charge in [-0.3, -0.25) is 9.59 Å². The van der Waals surface area contributed by atoms with E-state index in [1.54, 1.807) is 48.5 Å². The minimum absolute atomic E-state index is 0.0941. The van der Waals surface area contributed by atoms with Crippen molar-refractivity contribution < 1.29 is 14.4 Å². The maximum Gasteiger partial charge on any atom is 0.329 e. The molecule has 0 atom stereocenters. The summed E-state index contributed by atoms with van der Waals surface area (Å²) in [5, 5.41) is 6.16. The summed E-state index contributed by atoms with van der Waals surface area (Å²) in [4.78, 5) is 37.3. The van der Waals surface area contributed by atoms with Crippen molar-refractivity contribution >= 4 is 52.8 Å². The van der Waals surface area contributed by atoms with E-state index in [9.17, 15) is 14.4 Å². The first-order valence-electron chi connectivity index (χ1n) is 7.58. The molecule has 1 saturated heterocycles. The fourth-order valence-corrected chi connectivity index (χ4v) is 2.57. The minimum Gasteiger partial charge on any atom is -0.325 e. The molecule has 3 rings (SSSR count). The fraction of sp³-hybridized carbons (Fsp3) is 0.0556. The maximum absolute atomic E-state index is 12.4. The Kier molecular flexibility index (Phi) is 5.25. The molecule has 1 fully saturated rings. The third kappa shape index (κ3) is 4.22. The van der Waals surface area contributed by atoms with E-state index in [4.69, 9.17) is 23.2 Å². The second kappa shape index (κ2) is 7.59. The van der Waals surface area contributed by atoms with Crippen molar-refractivity contribution in [1.82, 2.24) is 10.2 Å². The normalized spacial score (nSPS) is 15.3. The Hall–Kier alpha value is -2.83. The van der Waals surface area contributed by atoms with Gasteiger partial charge in [0.2, 0.25) is 5.91 Å². The summed E-state index contributed by atoms with van der Waals surface area (Å²) in [7, 11) is 0. The standard InChI is InChI=1S/C18H13Cl2N3O3/c19-12-3-1-11(2-4-12)9-15-17(25)23(18(26)22-15)10-16(24)21-14-7-5-13(20)6-8-14/h1-9H,10H2,(H,21,24)(H,22,26). The fourth-order valence-electron chi connectivity index (χ4n) is 2.32. The number of hydrogen-bond acceptors (Lipinski definition) is 3. The zero-order valence-electron chi connectivity index (χ0n) is 13.3. The Morgan fingerprint density at radius 1 is 1.00 bits per heavy atom. The Balaban J connectivity index is 1.67. The number of benzene rings is 2. The summed E-state index contributed by atoms with van der Waals surface area (Å²) in [5.74, 6) is -1.07. The van der Waals surface area contributed by atoms with Crippen molar-refractivity contribution in [3.05, 3.63) is 69.8 Å². The highest BCUT2D eigenvalue weighted by Crippen LogP contribution is 2.17. The topological polar surface area (TPSA) is 78.5 Å². The van der Waals surface area contributed by atoms with Crippen LogP contribution >= 0.6 is 23.2 Å². The summed E-state index contributed by atoms with van der Waals surface area (Å²) in [5.41, 5.74) is 1.31. The van der Waals surface area contributed by atoms with Gasteiger partial charge >= 0.3 is 6.03 Å². The molecule has 0 aliphatic carbocycles. The number of imide groups is 1. The van der Waals surface area contributed by atoms with Crippen LogP contribution in [0.2, 0.25) is 10.0 Å². The summed E-state index contributed by atoms with van der Waals surface area (Å²) in [6, 6.07) is 12.6. The number of halogens is 2. The zero-order valence-corrected chi connectivity index (χ0v) is 14.8. The first-order valence-corrected chi connectivity index (χ1v) is 8.33. The number of hydrogen-bond donors (Lipinski definition) is 2. The van der Waals surface area contributed by atoms with E-state index in [1.807, 2.05) is 0 Å². The number of anilines is 1. The molecule has 132 valence electrons. The summed E-state index contributed by atoms with van der Waals surface area (Å²) in [6.07, 6.45) is 1.52. The molecule has 0 aromatic heterocycles.